The van der Waals surface area contributed by atoms with Crippen LogP contribution in [0.4, 0.5) is 11.4 Å². The van der Waals surface area contributed by atoms with Gasteiger partial charge in [0, 0.05) is 35.8 Å². The Morgan fingerprint density at radius 2 is 1.92 bits per heavy atom. The van der Waals surface area contributed by atoms with Crippen molar-refractivity contribution in [1.29, 1.82) is 0 Å². The zero-order chi connectivity index (χ0) is 25.4. The molecule has 1 fully saturated rings. The third-order valence-electron chi connectivity index (χ3n) is 6.26. The first-order chi connectivity index (χ1) is 17.4. The summed E-state index contributed by atoms with van der Waals surface area (Å²) < 4.78 is 9.36. The second-order valence-corrected chi connectivity index (χ2v) is 8.93. The Hall–Kier alpha value is -4.25. The van der Waals surface area contributed by atoms with E-state index in [0.29, 0.717) is 16.5 Å². The number of hydrogen-bond donors (Lipinski definition) is 2. The number of benzene rings is 1. The summed E-state index contributed by atoms with van der Waals surface area (Å²) in [6.07, 6.45) is 5.11. The van der Waals surface area contributed by atoms with Gasteiger partial charge in [-0.25, -0.2) is 4.68 Å². The summed E-state index contributed by atoms with van der Waals surface area (Å²) in [6.45, 7) is 5.57. The molecule has 10 nitrogen and oxygen atoms in total. The lowest BCUT2D eigenvalue weighted by molar-refractivity contribution is -0.114. The van der Waals surface area contributed by atoms with Gasteiger partial charge in [-0.05, 0) is 62.5 Å². The molecule has 2 unspecified atom stereocenters. The van der Waals surface area contributed by atoms with E-state index in [4.69, 9.17) is 17.0 Å². The number of hydrogen-bond acceptors (Lipinski definition) is 6. The van der Waals surface area contributed by atoms with Crippen molar-refractivity contribution in [2.45, 2.75) is 32.9 Å². The van der Waals surface area contributed by atoms with Crippen LogP contribution < -0.4 is 20.3 Å². The Morgan fingerprint density at radius 1 is 1.14 bits per heavy atom. The molecule has 1 aliphatic rings. The maximum atomic E-state index is 11.9. The van der Waals surface area contributed by atoms with Crippen LogP contribution in [0, 0.1) is 13.8 Å². The first-order valence-electron chi connectivity index (χ1n) is 11.4. The van der Waals surface area contributed by atoms with Crippen LogP contribution in [0.25, 0.3) is 0 Å². The average Bonchev–Trinajstić information content (AvgIpc) is 3.57. The van der Waals surface area contributed by atoms with Crippen molar-refractivity contribution in [1.82, 2.24) is 29.9 Å². The molecule has 36 heavy (non-hydrogen) atoms. The monoisotopic (exact) mass is 502 g/mol. The third kappa shape index (κ3) is 4.07. The van der Waals surface area contributed by atoms with Gasteiger partial charge >= 0.3 is 0 Å². The van der Waals surface area contributed by atoms with Crippen LogP contribution in [-0.2, 0) is 4.79 Å². The second-order valence-electron chi connectivity index (χ2n) is 8.54. The zero-order valence-corrected chi connectivity index (χ0v) is 21.2. The van der Waals surface area contributed by atoms with Gasteiger partial charge in [0.2, 0.25) is 5.91 Å². The van der Waals surface area contributed by atoms with Crippen molar-refractivity contribution in [3.63, 3.8) is 0 Å². The number of ether oxygens (including phenoxy) is 1. The predicted octanol–water partition coefficient (Wildman–Crippen LogP) is 3.55. The molecule has 1 aromatic carbocycles. The maximum absolute atomic E-state index is 11.9. The Kier molecular flexibility index (Phi) is 6.15. The summed E-state index contributed by atoms with van der Waals surface area (Å²) in [5.74, 6) is 0.378. The molecule has 4 aromatic rings. The van der Waals surface area contributed by atoms with Crippen LogP contribution in [0.2, 0.25) is 0 Å². The Bertz CT molecular complexity index is 1420. The fourth-order valence-corrected chi connectivity index (χ4v) is 5.16. The van der Waals surface area contributed by atoms with E-state index in [1.807, 2.05) is 48.0 Å². The van der Waals surface area contributed by atoms with Gasteiger partial charge in [-0.3, -0.25) is 14.5 Å². The molecule has 0 saturated carbocycles. The van der Waals surface area contributed by atoms with Crippen molar-refractivity contribution >= 4 is 34.6 Å². The van der Waals surface area contributed by atoms with Gasteiger partial charge < -0.3 is 20.3 Å². The Balaban J connectivity index is 1.67. The summed E-state index contributed by atoms with van der Waals surface area (Å²) in [6, 6.07) is 13.2. The topological polar surface area (TPSA) is 102 Å². The molecule has 2 N–H and O–H groups in total. The van der Waals surface area contributed by atoms with E-state index in [0.717, 1.165) is 28.3 Å². The summed E-state index contributed by atoms with van der Waals surface area (Å²) in [4.78, 5) is 18.6. The molecule has 11 heteroatoms. The van der Waals surface area contributed by atoms with Crippen molar-refractivity contribution < 1.29 is 9.53 Å². The highest BCUT2D eigenvalue weighted by Gasteiger charge is 2.42. The number of nitrogens with one attached hydrogen (secondary N) is 2. The van der Waals surface area contributed by atoms with Crippen molar-refractivity contribution in [3.8, 4) is 5.75 Å². The smallest absolute Gasteiger partial charge is 0.221 e. The molecule has 2 atom stereocenters. The summed E-state index contributed by atoms with van der Waals surface area (Å²) in [7, 11) is 1.57. The largest absolute Gasteiger partial charge is 0.495 e. The molecule has 0 bridgehead atoms. The van der Waals surface area contributed by atoms with E-state index in [-0.39, 0.29) is 18.0 Å². The molecule has 1 amide bonds. The molecule has 0 spiro atoms. The minimum Gasteiger partial charge on any atom is -0.495 e. The molecule has 4 heterocycles. The summed E-state index contributed by atoms with van der Waals surface area (Å²) in [5, 5.41) is 14.8. The molecule has 184 valence electrons. The van der Waals surface area contributed by atoms with Crippen LogP contribution in [-0.4, -0.2) is 42.7 Å². The number of anilines is 2. The van der Waals surface area contributed by atoms with Crippen molar-refractivity contribution in [3.05, 3.63) is 84.0 Å². The van der Waals surface area contributed by atoms with E-state index in [1.165, 1.54) is 6.92 Å². The van der Waals surface area contributed by atoms with Crippen molar-refractivity contribution in [2.75, 3.05) is 17.3 Å². The van der Waals surface area contributed by atoms with Crippen LogP contribution in [0.1, 0.15) is 41.7 Å². The minimum absolute atomic E-state index is 0.187. The van der Waals surface area contributed by atoms with Crippen molar-refractivity contribution in [2.24, 2.45) is 0 Å². The van der Waals surface area contributed by atoms with Gasteiger partial charge in [0.05, 0.1) is 30.6 Å². The molecule has 1 saturated heterocycles. The maximum Gasteiger partial charge on any atom is 0.221 e. The van der Waals surface area contributed by atoms with E-state index < -0.39 is 0 Å². The van der Waals surface area contributed by atoms with E-state index >= 15 is 0 Å². The molecule has 5 rings (SSSR count). The highest BCUT2D eigenvalue weighted by Crippen LogP contribution is 2.44. The number of nitrogens with zero attached hydrogens (tertiary/aromatic N) is 6. The molecule has 1 aliphatic heterocycles. The first kappa shape index (κ1) is 23.5. The second kappa shape index (κ2) is 9.42. The highest BCUT2D eigenvalue weighted by molar-refractivity contribution is 7.80. The van der Waals surface area contributed by atoms with Crippen LogP contribution >= 0.6 is 12.2 Å². The molecule has 0 aliphatic carbocycles. The molecule has 3 aromatic heterocycles. The zero-order valence-electron chi connectivity index (χ0n) is 20.3. The average molecular weight is 503 g/mol. The van der Waals surface area contributed by atoms with E-state index in [2.05, 4.69) is 48.4 Å². The van der Waals surface area contributed by atoms with Crippen LogP contribution in [0.5, 0.6) is 5.75 Å². The van der Waals surface area contributed by atoms with Gasteiger partial charge in [-0.15, -0.1) is 10.2 Å². The van der Waals surface area contributed by atoms with E-state index in [9.17, 15) is 4.79 Å². The number of pyridine rings is 1. The lowest BCUT2D eigenvalue weighted by Crippen LogP contribution is -2.29. The number of carbonyl (C=O) groups excluding carboxylic acids is 1. The van der Waals surface area contributed by atoms with Gasteiger partial charge in [0.15, 0.2) is 5.11 Å². The summed E-state index contributed by atoms with van der Waals surface area (Å²) >= 11 is 5.87. The van der Waals surface area contributed by atoms with Gasteiger partial charge in [-0.2, -0.15) is 0 Å². The van der Waals surface area contributed by atoms with Crippen LogP contribution in [0.3, 0.4) is 0 Å². The van der Waals surface area contributed by atoms with Gasteiger partial charge in [0.1, 0.15) is 18.4 Å². The minimum atomic E-state index is -0.220. The van der Waals surface area contributed by atoms with Gasteiger partial charge in [-0.1, -0.05) is 6.07 Å². The lowest BCUT2D eigenvalue weighted by atomic mass is 9.96. The molecule has 0 radical (unpaired) electrons. The third-order valence-corrected chi connectivity index (χ3v) is 6.57. The standard InChI is InChI=1S/C25H26N8O2S/c1-15-11-19(16(2)33(15)31-13-27-28-14-31)24-23(20-7-5-6-10-26-20)30-25(36)32(24)18-8-9-22(35-4)21(12-18)29-17(3)34/h5-14,23-24H,1-4H3,(H,29,34)(H,30,36). The molecular formula is C25H26N8O2S. The fourth-order valence-electron chi connectivity index (χ4n) is 4.81. The lowest BCUT2D eigenvalue weighted by Gasteiger charge is -2.29. The van der Waals surface area contributed by atoms with Gasteiger partial charge in [0.25, 0.3) is 0 Å². The van der Waals surface area contributed by atoms with Crippen LogP contribution in [0.15, 0.2) is 61.3 Å². The quantitative estimate of drug-likeness (QED) is 0.386. The Labute approximate surface area is 213 Å². The highest BCUT2D eigenvalue weighted by atomic mass is 32.1. The number of thiocarbonyl (C=S) groups is 1. The first-order valence-corrected chi connectivity index (χ1v) is 11.8. The number of rotatable bonds is 6. The number of methoxy groups -OCH3 is 1. The number of aryl methyl sites for hydroxylation is 1. The fraction of sp³-hybridized carbons (Fsp3) is 0.240. The number of carbonyl (C=O) groups is 1. The number of amides is 1. The van der Waals surface area contributed by atoms with E-state index in [1.54, 1.807) is 26.0 Å². The molecular weight excluding hydrogens is 476 g/mol. The normalized spacial score (nSPS) is 17.2. The number of aromatic nitrogens is 5. The SMILES string of the molecule is COc1ccc(N2C(=S)NC(c3ccccn3)C2c2cc(C)n(-n3cnnc3)c2C)cc1NC(C)=O. The summed E-state index contributed by atoms with van der Waals surface area (Å²) in [5.41, 5.74) is 5.37. The predicted molar refractivity (Wildman–Crippen MR) is 140 cm³/mol. The Morgan fingerprint density at radius 3 is 2.58 bits per heavy atom.